The third-order valence-electron chi connectivity index (χ3n) is 4.77. The lowest BCUT2D eigenvalue weighted by molar-refractivity contribution is 0.158. The minimum Gasteiger partial charge on any atom is -0.506 e. The molecule has 3 aromatic rings. The normalized spacial score (nSPS) is 14.6. The minimum absolute atomic E-state index is 0.0460. The molecule has 0 saturated heterocycles. The molecule has 0 fully saturated rings. The zero-order valence-electron chi connectivity index (χ0n) is 16.2. The van der Waals surface area contributed by atoms with Crippen molar-refractivity contribution in [3.05, 3.63) is 34.0 Å². The zero-order valence-corrected chi connectivity index (χ0v) is 16.2. The number of benzene rings is 2. The summed E-state index contributed by atoms with van der Waals surface area (Å²) >= 11 is 0. The van der Waals surface area contributed by atoms with Crippen molar-refractivity contribution in [2.75, 3.05) is 21.3 Å². The Labute approximate surface area is 160 Å². The fraction of sp³-hybridized carbons (Fsp3) is 0.286. The van der Waals surface area contributed by atoms with Crippen molar-refractivity contribution in [1.82, 2.24) is 0 Å². The molecule has 0 amide bonds. The van der Waals surface area contributed by atoms with E-state index in [1.165, 1.54) is 21.3 Å². The number of hydrogen-bond acceptors (Lipinski definition) is 7. The van der Waals surface area contributed by atoms with Gasteiger partial charge in [-0.25, -0.2) is 0 Å². The van der Waals surface area contributed by atoms with E-state index >= 15 is 0 Å². The molecule has 1 aliphatic heterocycles. The maximum absolute atomic E-state index is 13.3. The molecular weight excluding hydrogens is 364 g/mol. The number of ether oxygens (including phenoxy) is 4. The molecule has 7 nitrogen and oxygen atoms in total. The molecule has 0 spiro atoms. The van der Waals surface area contributed by atoms with Crippen LogP contribution in [-0.4, -0.2) is 32.0 Å². The third kappa shape index (κ3) is 2.46. The molecule has 0 radical (unpaired) electrons. The molecule has 0 aliphatic carbocycles. The summed E-state index contributed by atoms with van der Waals surface area (Å²) in [6, 6.07) is 3.15. The van der Waals surface area contributed by atoms with Gasteiger partial charge in [0, 0.05) is 12.1 Å². The van der Waals surface area contributed by atoms with Crippen LogP contribution in [0.25, 0.3) is 28.0 Å². The molecule has 2 aromatic carbocycles. The summed E-state index contributed by atoms with van der Waals surface area (Å²) in [5.74, 6) is 1.10. The van der Waals surface area contributed by atoms with Crippen molar-refractivity contribution in [1.29, 1.82) is 0 Å². The summed E-state index contributed by atoms with van der Waals surface area (Å²) in [6.45, 7) is 3.78. The van der Waals surface area contributed by atoms with Crippen molar-refractivity contribution < 1.29 is 28.5 Å². The summed E-state index contributed by atoms with van der Waals surface area (Å²) in [5, 5.41) is 11.0. The lowest BCUT2D eigenvalue weighted by Gasteiger charge is -2.28. The second-order valence-corrected chi connectivity index (χ2v) is 7.00. The predicted octanol–water partition coefficient (Wildman–Crippen LogP) is 3.86. The molecule has 1 aromatic heterocycles. The van der Waals surface area contributed by atoms with Crippen molar-refractivity contribution in [2.45, 2.75) is 19.4 Å². The molecule has 146 valence electrons. The average Bonchev–Trinajstić information content (AvgIpc) is 2.65. The van der Waals surface area contributed by atoms with Crippen LogP contribution >= 0.6 is 0 Å². The van der Waals surface area contributed by atoms with Crippen molar-refractivity contribution in [3.8, 4) is 28.7 Å². The highest BCUT2D eigenvalue weighted by Gasteiger charge is 2.28. The summed E-state index contributed by atoms with van der Waals surface area (Å²) in [7, 11) is 4.37. The lowest BCUT2D eigenvalue weighted by atomic mass is 9.99. The van der Waals surface area contributed by atoms with Gasteiger partial charge in [-0.3, -0.25) is 4.79 Å². The molecule has 7 heteroatoms. The van der Waals surface area contributed by atoms with E-state index in [0.717, 1.165) is 0 Å². The lowest BCUT2D eigenvalue weighted by Crippen LogP contribution is -2.27. The van der Waals surface area contributed by atoms with Gasteiger partial charge in [-0.15, -0.1) is 0 Å². The molecular formula is C21H20O7. The Morgan fingerprint density at radius 3 is 2.36 bits per heavy atom. The van der Waals surface area contributed by atoms with E-state index in [1.807, 2.05) is 19.9 Å². The van der Waals surface area contributed by atoms with Gasteiger partial charge in [0.1, 0.15) is 39.2 Å². The van der Waals surface area contributed by atoms with E-state index in [4.69, 9.17) is 23.4 Å². The monoisotopic (exact) mass is 384 g/mol. The molecule has 0 saturated carbocycles. The number of fused-ring (bicyclic) bond motifs is 3. The van der Waals surface area contributed by atoms with Gasteiger partial charge in [-0.05, 0) is 26.0 Å². The first-order valence-corrected chi connectivity index (χ1v) is 8.65. The third-order valence-corrected chi connectivity index (χ3v) is 4.77. The van der Waals surface area contributed by atoms with Crippen molar-refractivity contribution in [3.63, 3.8) is 0 Å². The first kappa shape index (κ1) is 18.0. The van der Waals surface area contributed by atoms with Crippen LogP contribution in [0.5, 0.6) is 28.7 Å². The number of rotatable bonds is 3. The van der Waals surface area contributed by atoms with Gasteiger partial charge >= 0.3 is 0 Å². The predicted molar refractivity (Wildman–Crippen MR) is 105 cm³/mol. The van der Waals surface area contributed by atoms with Gasteiger partial charge < -0.3 is 28.5 Å². The Kier molecular flexibility index (Phi) is 3.92. The van der Waals surface area contributed by atoms with Crippen LogP contribution in [0, 0.1) is 0 Å². The van der Waals surface area contributed by atoms with Crippen molar-refractivity contribution in [2.24, 2.45) is 0 Å². The van der Waals surface area contributed by atoms with Crippen LogP contribution in [0.4, 0.5) is 0 Å². The maximum Gasteiger partial charge on any atom is 0.208 e. The van der Waals surface area contributed by atoms with Crippen LogP contribution in [0.3, 0.4) is 0 Å². The Morgan fingerprint density at radius 2 is 1.71 bits per heavy atom. The molecule has 0 atom stereocenters. The van der Waals surface area contributed by atoms with Gasteiger partial charge in [-0.2, -0.15) is 0 Å². The molecule has 1 aliphatic rings. The molecule has 4 rings (SSSR count). The molecule has 0 unspecified atom stereocenters. The first-order chi connectivity index (χ1) is 13.3. The van der Waals surface area contributed by atoms with Crippen LogP contribution in [-0.2, 0) is 0 Å². The fourth-order valence-corrected chi connectivity index (χ4v) is 3.43. The molecule has 0 bridgehead atoms. The highest BCUT2D eigenvalue weighted by Crippen LogP contribution is 2.45. The van der Waals surface area contributed by atoms with E-state index in [0.29, 0.717) is 17.1 Å². The van der Waals surface area contributed by atoms with Crippen LogP contribution < -0.4 is 24.4 Å². The fourth-order valence-electron chi connectivity index (χ4n) is 3.43. The van der Waals surface area contributed by atoms with E-state index in [-0.39, 0.29) is 39.2 Å². The Morgan fingerprint density at radius 1 is 1.00 bits per heavy atom. The smallest absolute Gasteiger partial charge is 0.208 e. The highest BCUT2D eigenvalue weighted by molar-refractivity contribution is 6.01. The van der Waals surface area contributed by atoms with Crippen LogP contribution in [0.15, 0.2) is 27.4 Å². The summed E-state index contributed by atoms with van der Waals surface area (Å²) in [6.07, 6.45) is 3.56. The largest absolute Gasteiger partial charge is 0.506 e. The summed E-state index contributed by atoms with van der Waals surface area (Å²) < 4.78 is 28.0. The van der Waals surface area contributed by atoms with E-state index in [9.17, 15) is 9.90 Å². The second kappa shape index (κ2) is 6.09. The zero-order chi connectivity index (χ0) is 20.2. The van der Waals surface area contributed by atoms with Gasteiger partial charge in [0.15, 0.2) is 11.3 Å². The molecule has 2 heterocycles. The molecule has 28 heavy (non-hydrogen) atoms. The van der Waals surface area contributed by atoms with E-state index in [2.05, 4.69) is 0 Å². The number of methoxy groups -OCH3 is 3. The average molecular weight is 384 g/mol. The Balaban J connectivity index is 2.19. The SMILES string of the molecule is COc1cc(OC)c2c(=O)c3c(O)c4c(cc3oc2c1OC)OC(C)(C)C=C4. The van der Waals surface area contributed by atoms with Crippen molar-refractivity contribution >= 4 is 28.0 Å². The standard InChI is InChI=1S/C21H20O7/c1-21(2)7-6-10-11(28-21)8-13-15(17(10)22)18(23)16-12(24-3)9-14(25-4)19(26-5)20(16)27-13/h6-9,22H,1-5H3. The minimum atomic E-state index is -0.547. The molecule has 1 N–H and O–H groups in total. The Bertz CT molecular complexity index is 1200. The number of phenolic OH excluding ortho intramolecular Hbond substituents is 1. The topological polar surface area (TPSA) is 87.4 Å². The maximum atomic E-state index is 13.3. The Hall–Kier alpha value is -3.35. The van der Waals surface area contributed by atoms with Gasteiger partial charge in [0.05, 0.1) is 26.9 Å². The second-order valence-electron chi connectivity index (χ2n) is 7.00. The number of aromatic hydroxyl groups is 1. The van der Waals surface area contributed by atoms with E-state index < -0.39 is 11.0 Å². The quantitative estimate of drug-likeness (QED) is 0.686. The number of phenols is 1. The van der Waals surface area contributed by atoms with Gasteiger partial charge in [0.2, 0.25) is 11.2 Å². The van der Waals surface area contributed by atoms with Crippen LogP contribution in [0.1, 0.15) is 19.4 Å². The number of hydrogen-bond donors (Lipinski definition) is 1. The van der Waals surface area contributed by atoms with Gasteiger partial charge in [-0.1, -0.05) is 0 Å². The van der Waals surface area contributed by atoms with E-state index in [1.54, 1.807) is 18.2 Å². The summed E-state index contributed by atoms with van der Waals surface area (Å²) in [5.41, 5.74) is -0.214. The van der Waals surface area contributed by atoms with Gasteiger partial charge in [0.25, 0.3) is 0 Å². The highest BCUT2D eigenvalue weighted by atomic mass is 16.5. The van der Waals surface area contributed by atoms with Crippen LogP contribution in [0.2, 0.25) is 0 Å². The first-order valence-electron chi connectivity index (χ1n) is 8.65. The summed E-state index contributed by atoms with van der Waals surface area (Å²) in [4.78, 5) is 13.3.